The Morgan fingerprint density at radius 1 is 0.900 bits per heavy atom. The highest BCUT2D eigenvalue weighted by Gasteiger charge is 2.35. The van der Waals surface area contributed by atoms with Gasteiger partial charge in [0.05, 0.1) is 7.11 Å². The predicted octanol–water partition coefficient (Wildman–Crippen LogP) is 5.31. The third-order valence-corrected chi connectivity index (χ3v) is 5.74. The van der Waals surface area contributed by atoms with Crippen molar-refractivity contribution in [2.75, 3.05) is 7.11 Å². The number of carbonyl (C=O) groups excluding carboxylic acids is 2. The fourth-order valence-electron chi connectivity index (χ4n) is 4.18. The average Bonchev–Trinajstić information content (AvgIpc) is 2.78. The van der Waals surface area contributed by atoms with E-state index in [-0.39, 0.29) is 11.0 Å². The Kier molecular flexibility index (Phi) is 6.74. The zero-order valence-corrected chi connectivity index (χ0v) is 17.5. The first-order valence-electron chi connectivity index (χ1n) is 10.1. The molecule has 0 bridgehead atoms. The molecule has 1 saturated carbocycles. The summed E-state index contributed by atoms with van der Waals surface area (Å²) in [6.45, 7) is 4.64. The van der Waals surface area contributed by atoms with Crippen molar-refractivity contribution >= 4 is 11.8 Å². The minimum Gasteiger partial charge on any atom is -0.497 e. The van der Waals surface area contributed by atoms with E-state index in [0.29, 0.717) is 5.75 Å². The van der Waals surface area contributed by atoms with Gasteiger partial charge in [-0.15, -0.1) is 0 Å². The lowest BCUT2D eigenvalue weighted by atomic mass is 9.65. The minimum atomic E-state index is -0.756. The number of methoxy groups -OCH3 is 1. The molecule has 30 heavy (non-hydrogen) atoms. The predicted molar refractivity (Wildman–Crippen MR) is 116 cm³/mol. The van der Waals surface area contributed by atoms with Gasteiger partial charge in [0.15, 0.2) is 11.4 Å². The molecule has 0 saturated heterocycles. The van der Waals surface area contributed by atoms with Gasteiger partial charge in [-0.2, -0.15) is 0 Å². The van der Waals surface area contributed by atoms with Gasteiger partial charge >= 0.3 is 5.97 Å². The molecule has 0 spiro atoms. The number of hydrogen-bond acceptors (Lipinski definition) is 4. The van der Waals surface area contributed by atoms with E-state index < -0.39 is 11.8 Å². The van der Waals surface area contributed by atoms with Crippen LogP contribution in [-0.2, 0) is 15.0 Å². The van der Waals surface area contributed by atoms with Crippen LogP contribution in [0.2, 0.25) is 0 Å². The first kappa shape index (κ1) is 21.4. The standard InChI is InChI=1S/C26H26O4/c1-4-8-24(19(2)27)25(28)30-23-15-11-21(12-16-23)26(17-6-5-7-18-26)20-9-13-22(29-3)14-10-20/h9-16H,1,5-7,17-18H2,2-3H3. The van der Waals surface area contributed by atoms with E-state index in [0.717, 1.165) is 18.6 Å². The molecule has 3 rings (SSSR count). The molecule has 0 radical (unpaired) electrons. The van der Waals surface area contributed by atoms with Crippen LogP contribution in [0.3, 0.4) is 0 Å². The van der Waals surface area contributed by atoms with Gasteiger partial charge in [-0.25, -0.2) is 4.79 Å². The first-order valence-corrected chi connectivity index (χ1v) is 10.1. The van der Waals surface area contributed by atoms with Gasteiger partial charge in [-0.3, -0.25) is 4.79 Å². The molecule has 0 aromatic heterocycles. The second kappa shape index (κ2) is 9.45. The fourth-order valence-corrected chi connectivity index (χ4v) is 4.18. The van der Waals surface area contributed by atoms with E-state index in [9.17, 15) is 9.59 Å². The van der Waals surface area contributed by atoms with E-state index >= 15 is 0 Å². The van der Waals surface area contributed by atoms with Gasteiger partial charge in [-0.1, -0.05) is 55.0 Å². The van der Waals surface area contributed by atoms with Crippen molar-refractivity contribution < 1.29 is 19.1 Å². The molecule has 1 aliphatic rings. The molecule has 154 valence electrons. The molecule has 1 fully saturated rings. The van der Waals surface area contributed by atoms with Crippen LogP contribution in [0.5, 0.6) is 11.5 Å². The van der Waals surface area contributed by atoms with Crippen LogP contribution < -0.4 is 9.47 Å². The van der Waals surface area contributed by atoms with Crippen LogP contribution in [-0.4, -0.2) is 18.9 Å². The van der Waals surface area contributed by atoms with Gasteiger partial charge < -0.3 is 9.47 Å². The quantitative estimate of drug-likeness (QED) is 0.164. The van der Waals surface area contributed by atoms with Crippen molar-refractivity contribution in [2.45, 2.75) is 44.4 Å². The summed E-state index contributed by atoms with van der Waals surface area (Å²) in [5, 5.41) is 0. The topological polar surface area (TPSA) is 52.6 Å². The highest BCUT2D eigenvalue weighted by Crippen LogP contribution is 2.45. The van der Waals surface area contributed by atoms with Crippen molar-refractivity contribution in [3.63, 3.8) is 0 Å². The molecule has 0 amide bonds. The number of benzene rings is 2. The van der Waals surface area contributed by atoms with E-state index in [1.165, 1.54) is 37.3 Å². The zero-order valence-electron chi connectivity index (χ0n) is 17.5. The highest BCUT2D eigenvalue weighted by molar-refractivity contribution is 6.16. The van der Waals surface area contributed by atoms with Crippen molar-refractivity contribution in [1.29, 1.82) is 0 Å². The van der Waals surface area contributed by atoms with Crippen LogP contribution in [0.4, 0.5) is 0 Å². The molecule has 2 aromatic rings. The number of Topliss-reactive ketones (excluding diaryl/α,β-unsaturated/α-hetero) is 1. The summed E-state index contributed by atoms with van der Waals surface area (Å²) in [6.07, 6.45) is 5.72. The normalized spacial score (nSPS) is 14.7. The lowest BCUT2D eigenvalue weighted by Crippen LogP contribution is -2.30. The minimum absolute atomic E-state index is 0.0664. The number of rotatable bonds is 6. The van der Waals surface area contributed by atoms with Gasteiger partial charge in [0.2, 0.25) is 0 Å². The van der Waals surface area contributed by atoms with E-state index in [1.807, 2.05) is 24.3 Å². The molecular formula is C26H26O4. The number of ketones is 1. The lowest BCUT2D eigenvalue weighted by molar-refractivity contribution is -0.132. The average molecular weight is 402 g/mol. The van der Waals surface area contributed by atoms with E-state index in [1.54, 1.807) is 19.2 Å². The number of carbonyl (C=O) groups is 2. The first-order chi connectivity index (χ1) is 14.5. The molecule has 0 atom stereocenters. The van der Waals surface area contributed by atoms with Crippen molar-refractivity contribution in [3.8, 4) is 11.5 Å². The number of hydrogen-bond donors (Lipinski definition) is 0. The molecule has 4 nitrogen and oxygen atoms in total. The summed E-state index contributed by atoms with van der Waals surface area (Å²) in [5.74, 6) is 0.0336. The van der Waals surface area contributed by atoms with Crippen LogP contribution in [0.1, 0.15) is 50.2 Å². The summed E-state index contributed by atoms with van der Waals surface area (Å²) >= 11 is 0. The third kappa shape index (κ3) is 4.46. The van der Waals surface area contributed by atoms with Crippen LogP contribution in [0.25, 0.3) is 0 Å². The zero-order chi connectivity index (χ0) is 21.6. The molecule has 2 aromatic carbocycles. The largest absolute Gasteiger partial charge is 0.497 e. The van der Waals surface area contributed by atoms with Gasteiger partial charge in [-0.05, 0) is 54.8 Å². The summed E-state index contributed by atoms with van der Waals surface area (Å²) in [6, 6.07) is 15.9. The molecule has 4 heteroatoms. The Morgan fingerprint density at radius 3 is 1.90 bits per heavy atom. The molecule has 0 N–H and O–H groups in total. The summed E-state index contributed by atoms with van der Waals surface area (Å²) < 4.78 is 10.7. The summed E-state index contributed by atoms with van der Waals surface area (Å²) in [7, 11) is 1.67. The molecule has 0 aliphatic heterocycles. The number of ether oxygens (including phenoxy) is 2. The Morgan fingerprint density at radius 2 is 1.43 bits per heavy atom. The van der Waals surface area contributed by atoms with Crippen LogP contribution >= 0.6 is 0 Å². The van der Waals surface area contributed by atoms with Gasteiger partial charge in [0.25, 0.3) is 0 Å². The Bertz CT molecular complexity index is 996. The SMILES string of the molecule is C=C=C=C(C(C)=O)C(=O)Oc1ccc(C2(c3ccc(OC)cc3)CCCCC2)cc1. The van der Waals surface area contributed by atoms with Gasteiger partial charge in [0, 0.05) is 12.3 Å². The second-order valence-corrected chi connectivity index (χ2v) is 7.52. The maximum atomic E-state index is 12.3. The second-order valence-electron chi connectivity index (χ2n) is 7.52. The molecule has 0 heterocycles. The Labute approximate surface area is 177 Å². The third-order valence-electron chi connectivity index (χ3n) is 5.74. The van der Waals surface area contributed by atoms with Crippen LogP contribution in [0.15, 0.2) is 72.1 Å². The fraction of sp³-hybridized carbons (Fsp3) is 0.308. The van der Waals surface area contributed by atoms with E-state index in [2.05, 4.69) is 30.2 Å². The lowest BCUT2D eigenvalue weighted by Gasteiger charge is -2.38. The van der Waals surface area contributed by atoms with E-state index in [4.69, 9.17) is 9.47 Å². The van der Waals surface area contributed by atoms with Gasteiger partial charge in [0.1, 0.15) is 11.5 Å². The smallest absolute Gasteiger partial charge is 0.355 e. The monoisotopic (exact) mass is 402 g/mol. The maximum Gasteiger partial charge on any atom is 0.355 e. The van der Waals surface area contributed by atoms with Crippen molar-refractivity contribution in [1.82, 2.24) is 0 Å². The number of esters is 1. The molecule has 0 unspecified atom stereocenters. The van der Waals surface area contributed by atoms with Crippen molar-refractivity contribution in [3.05, 3.63) is 83.3 Å². The van der Waals surface area contributed by atoms with Crippen LogP contribution in [0, 0.1) is 0 Å². The molecular weight excluding hydrogens is 376 g/mol. The maximum absolute atomic E-state index is 12.3. The Balaban J connectivity index is 1.89. The van der Waals surface area contributed by atoms with Crippen molar-refractivity contribution in [2.24, 2.45) is 0 Å². The Hall–Kier alpha value is -3.32. The summed E-state index contributed by atoms with van der Waals surface area (Å²) in [4.78, 5) is 23.8. The molecule has 1 aliphatic carbocycles. The highest BCUT2D eigenvalue weighted by atomic mass is 16.5. The summed E-state index contributed by atoms with van der Waals surface area (Å²) in [5.41, 5.74) is 6.95.